The molecule has 0 fully saturated rings. The molecule has 0 nitrogen and oxygen atoms in total. The summed E-state index contributed by atoms with van der Waals surface area (Å²) in [5.74, 6) is -3.57. The van der Waals surface area contributed by atoms with E-state index in [4.69, 9.17) is 0 Å². The van der Waals surface area contributed by atoms with Crippen molar-refractivity contribution in [1.29, 1.82) is 0 Å². The number of alkyl halides is 2. The molecule has 84 valence electrons. The first-order valence-electron chi connectivity index (χ1n) is 3.70. The van der Waals surface area contributed by atoms with Gasteiger partial charge in [0, 0.05) is 6.07 Å². The van der Waals surface area contributed by atoms with E-state index in [0.717, 1.165) is 0 Å². The molecule has 0 atom stereocenters. The molecule has 1 aromatic carbocycles. The largest absolute Gasteiger partial charge is 1.00 e. The van der Waals surface area contributed by atoms with Gasteiger partial charge >= 0.3 is 58.4 Å². The molecule has 0 N–H and O–H groups in total. The predicted octanol–water partition coefficient (Wildman–Crippen LogP) is -0.0392. The van der Waals surface area contributed by atoms with Gasteiger partial charge in [0.25, 0.3) is 6.43 Å². The smallest absolute Gasteiger partial charge is 0.445 e. The maximum absolute atomic E-state index is 12.6. The molecular formula is C7H3BF7K. The molecule has 1 aromatic rings. The van der Waals surface area contributed by atoms with E-state index in [2.05, 4.69) is 0 Å². The van der Waals surface area contributed by atoms with Crippen molar-refractivity contribution in [1.82, 2.24) is 0 Å². The first-order valence-corrected chi connectivity index (χ1v) is 3.70. The summed E-state index contributed by atoms with van der Waals surface area (Å²) in [6.07, 6.45) is -3.41. The average molecular weight is 270 g/mol. The van der Waals surface area contributed by atoms with Crippen molar-refractivity contribution in [2.75, 3.05) is 0 Å². The second kappa shape index (κ2) is 5.85. The zero-order valence-corrected chi connectivity index (χ0v) is 11.1. The van der Waals surface area contributed by atoms with Gasteiger partial charge in [0.1, 0.15) is 5.82 Å². The number of hydrogen-bond acceptors (Lipinski definition) is 0. The Morgan fingerprint density at radius 3 is 1.81 bits per heavy atom. The van der Waals surface area contributed by atoms with Crippen molar-refractivity contribution < 1.29 is 81.9 Å². The van der Waals surface area contributed by atoms with Crippen molar-refractivity contribution in [3.05, 3.63) is 29.3 Å². The summed E-state index contributed by atoms with van der Waals surface area (Å²) in [5.41, 5.74) is -3.29. The van der Waals surface area contributed by atoms with Gasteiger partial charge in [-0.25, -0.2) is 17.6 Å². The van der Waals surface area contributed by atoms with Gasteiger partial charge in [-0.3, -0.25) is 0 Å². The Bertz CT molecular complexity index is 376. The van der Waals surface area contributed by atoms with Gasteiger partial charge in [-0.1, -0.05) is 11.5 Å². The Kier molecular flexibility index (Phi) is 6.01. The predicted molar refractivity (Wildman–Crippen MR) is 40.0 cm³/mol. The molecule has 0 saturated heterocycles. The summed E-state index contributed by atoms with van der Waals surface area (Å²) in [6, 6.07) is -0.387. The molecule has 0 radical (unpaired) electrons. The maximum Gasteiger partial charge on any atom is 1.00 e. The fraction of sp³-hybridized carbons (Fsp3) is 0.143. The molecule has 0 saturated carbocycles. The third-order valence-corrected chi connectivity index (χ3v) is 1.70. The molecular weight excluding hydrogens is 267 g/mol. The van der Waals surface area contributed by atoms with Gasteiger partial charge in [0.15, 0.2) is 0 Å². The van der Waals surface area contributed by atoms with Crippen LogP contribution in [0.15, 0.2) is 12.1 Å². The summed E-state index contributed by atoms with van der Waals surface area (Å²) < 4.78 is 85.4. The Morgan fingerprint density at radius 1 is 0.938 bits per heavy atom. The number of benzene rings is 1. The van der Waals surface area contributed by atoms with Crippen LogP contribution in [-0.4, -0.2) is 6.98 Å². The minimum absolute atomic E-state index is 0. The maximum atomic E-state index is 12.6. The molecule has 0 heterocycles. The van der Waals surface area contributed by atoms with Crippen LogP contribution in [-0.2, 0) is 0 Å². The molecule has 1 rings (SSSR count). The van der Waals surface area contributed by atoms with E-state index in [1.165, 1.54) is 0 Å². The van der Waals surface area contributed by atoms with Crippen LogP contribution in [0.2, 0.25) is 0 Å². The molecule has 16 heavy (non-hydrogen) atoms. The normalized spacial score (nSPS) is 11.5. The molecule has 0 aliphatic heterocycles. The summed E-state index contributed by atoms with van der Waals surface area (Å²) in [4.78, 5) is 0. The van der Waals surface area contributed by atoms with Crippen molar-refractivity contribution in [3.8, 4) is 0 Å². The molecule has 0 aromatic heterocycles. The Morgan fingerprint density at radius 2 is 1.44 bits per heavy atom. The van der Waals surface area contributed by atoms with E-state index in [0.29, 0.717) is 0 Å². The Hall–Kier alpha value is 0.431. The second-order valence-corrected chi connectivity index (χ2v) is 2.77. The van der Waals surface area contributed by atoms with Gasteiger partial charge in [0.05, 0.1) is 11.4 Å². The fourth-order valence-corrected chi connectivity index (χ4v) is 1.00. The Balaban J connectivity index is 0.00000225. The van der Waals surface area contributed by atoms with E-state index in [-0.39, 0.29) is 63.5 Å². The SMILES string of the molecule is Fc1cc(F)c([B-](F)(F)F)cc1C(F)F.[K+]. The van der Waals surface area contributed by atoms with Gasteiger partial charge in [-0.15, -0.1) is 0 Å². The van der Waals surface area contributed by atoms with Gasteiger partial charge in [0.2, 0.25) is 0 Å². The van der Waals surface area contributed by atoms with E-state index in [1.54, 1.807) is 0 Å². The monoisotopic (exact) mass is 270 g/mol. The zero-order chi connectivity index (χ0) is 11.8. The molecule has 0 spiro atoms. The van der Waals surface area contributed by atoms with Crippen molar-refractivity contribution in [2.45, 2.75) is 6.43 Å². The number of halogens is 7. The first-order chi connectivity index (χ1) is 6.73. The molecule has 0 unspecified atom stereocenters. The first kappa shape index (κ1) is 16.4. The minimum Gasteiger partial charge on any atom is -0.445 e. The van der Waals surface area contributed by atoms with Crippen LogP contribution in [0.3, 0.4) is 0 Å². The van der Waals surface area contributed by atoms with Crippen LogP contribution >= 0.6 is 0 Å². The molecule has 9 heteroatoms. The number of hydrogen-bond donors (Lipinski definition) is 0. The molecule has 0 amide bonds. The summed E-state index contributed by atoms with van der Waals surface area (Å²) >= 11 is 0. The standard InChI is InChI=1S/C7H3BF7.K/c9-5-2-6(10)4(8(13,14)15)1-3(5)7(11)12;/h1-2,7H;/q-1;+1. The second-order valence-electron chi connectivity index (χ2n) is 2.77. The molecule has 0 aliphatic carbocycles. The average Bonchev–Trinajstić information content (AvgIpc) is 2.00. The molecule has 0 bridgehead atoms. The van der Waals surface area contributed by atoms with Crippen LogP contribution in [0.25, 0.3) is 0 Å². The van der Waals surface area contributed by atoms with Crippen molar-refractivity contribution in [2.24, 2.45) is 0 Å². The summed E-state index contributed by atoms with van der Waals surface area (Å²) in [6.45, 7) is -5.77. The summed E-state index contributed by atoms with van der Waals surface area (Å²) in [5, 5.41) is 0. The summed E-state index contributed by atoms with van der Waals surface area (Å²) in [7, 11) is 0. The fourth-order valence-electron chi connectivity index (χ4n) is 1.00. The zero-order valence-electron chi connectivity index (χ0n) is 7.96. The van der Waals surface area contributed by atoms with Crippen LogP contribution in [0, 0.1) is 11.6 Å². The quantitative estimate of drug-likeness (QED) is 0.522. The van der Waals surface area contributed by atoms with Crippen LogP contribution in [0.5, 0.6) is 0 Å². The topological polar surface area (TPSA) is 0 Å². The van der Waals surface area contributed by atoms with E-state index >= 15 is 0 Å². The van der Waals surface area contributed by atoms with E-state index in [9.17, 15) is 30.5 Å². The van der Waals surface area contributed by atoms with Crippen LogP contribution in [0.4, 0.5) is 30.5 Å². The minimum atomic E-state index is -5.77. The van der Waals surface area contributed by atoms with Gasteiger partial charge < -0.3 is 12.9 Å². The van der Waals surface area contributed by atoms with E-state index in [1.807, 2.05) is 0 Å². The van der Waals surface area contributed by atoms with E-state index < -0.39 is 36.1 Å². The van der Waals surface area contributed by atoms with Crippen LogP contribution < -0.4 is 56.8 Å². The van der Waals surface area contributed by atoms with Crippen molar-refractivity contribution in [3.63, 3.8) is 0 Å². The third kappa shape index (κ3) is 3.73. The van der Waals surface area contributed by atoms with Crippen molar-refractivity contribution >= 4 is 12.4 Å². The molecule has 0 aliphatic rings. The van der Waals surface area contributed by atoms with Gasteiger partial charge in [-0.2, -0.15) is 0 Å². The number of rotatable bonds is 2. The van der Waals surface area contributed by atoms with Gasteiger partial charge in [-0.05, 0) is 0 Å². The van der Waals surface area contributed by atoms with Crippen LogP contribution in [0.1, 0.15) is 12.0 Å². The Labute approximate surface area is 129 Å². The third-order valence-electron chi connectivity index (χ3n) is 1.70.